The third kappa shape index (κ3) is 2.52. The number of anilines is 1. The van der Waals surface area contributed by atoms with Gasteiger partial charge in [0.15, 0.2) is 0 Å². The van der Waals surface area contributed by atoms with Crippen LogP contribution in [0.25, 0.3) is 0 Å². The van der Waals surface area contributed by atoms with Crippen molar-refractivity contribution in [3.63, 3.8) is 0 Å². The van der Waals surface area contributed by atoms with E-state index < -0.39 is 10.0 Å². The molecule has 0 radical (unpaired) electrons. The summed E-state index contributed by atoms with van der Waals surface area (Å²) in [4.78, 5) is 0.324. The minimum atomic E-state index is -3.38. The summed E-state index contributed by atoms with van der Waals surface area (Å²) in [5.74, 6) is 1.16. The van der Waals surface area contributed by atoms with E-state index in [1.807, 2.05) is 6.92 Å². The number of aryl methyl sites for hydroxylation is 1. The van der Waals surface area contributed by atoms with Crippen molar-refractivity contribution in [1.82, 2.24) is 4.31 Å². The van der Waals surface area contributed by atoms with Crippen LogP contribution in [-0.2, 0) is 10.0 Å². The van der Waals surface area contributed by atoms with Crippen molar-refractivity contribution < 1.29 is 8.42 Å². The molecule has 0 aromatic heterocycles. The van der Waals surface area contributed by atoms with Gasteiger partial charge in [0.2, 0.25) is 10.0 Å². The second-order valence-electron chi connectivity index (χ2n) is 5.28. The SMILES string of the molecule is Cc1cc(S(=O)(=O)N(C)CC2CC2C)ccc1N. The van der Waals surface area contributed by atoms with E-state index in [4.69, 9.17) is 5.73 Å². The number of rotatable bonds is 4. The summed E-state index contributed by atoms with van der Waals surface area (Å²) in [6, 6.07) is 4.86. The van der Waals surface area contributed by atoms with Crippen LogP contribution in [0.5, 0.6) is 0 Å². The fourth-order valence-electron chi connectivity index (χ4n) is 2.07. The molecule has 1 saturated carbocycles. The van der Waals surface area contributed by atoms with Crippen molar-refractivity contribution in [3.8, 4) is 0 Å². The first kappa shape index (κ1) is 13.4. The molecule has 2 atom stereocenters. The number of nitrogens with two attached hydrogens (primary N) is 1. The molecule has 0 heterocycles. The predicted octanol–water partition coefficient (Wildman–Crippen LogP) is 1.85. The van der Waals surface area contributed by atoms with Gasteiger partial charge in [-0.1, -0.05) is 6.92 Å². The Hall–Kier alpha value is -1.07. The molecular formula is C13H20N2O2S. The van der Waals surface area contributed by atoms with Crippen LogP contribution in [-0.4, -0.2) is 26.3 Å². The van der Waals surface area contributed by atoms with Crippen molar-refractivity contribution in [2.24, 2.45) is 11.8 Å². The molecule has 1 fully saturated rings. The molecule has 2 N–H and O–H groups in total. The summed E-state index contributed by atoms with van der Waals surface area (Å²) in [6.07, 6.45) is 1.13. The molecule has 0 aliphatic heterocycles. The monoisotopic (exact) mass is 268 g/mol. The number of hydrogen-bond acceptors (Lipinski definition) is 3. The Morgan fingerprint density at radius 2 is 2.06 bits per heavy atom. The Kier molecular flexibility index (Phi) is 3.38. The van der Waals surface area contributed by atoms with E-state index in [1.54, 1.807) is 25.2 Å². The van der Waals surface area contributed by atoms with E-state index in [-0.39, 0.29) is 0 Å². The van der Waals surface area contributed by atoms with Gasteiger partial charge in [0.1, 0.15) is 0 Å². The minimum absolute atomic E-state index is 0.324. The summed E-state index contributed by atoms with van der Waals surface area (Å²) in [5, 5.41) is 0. The molecule has 2 rings (SSSR count). The maximum Gasteiger partial charge on any atom is 0.242 e. The smallest absolute Gasteiger partial charge is 0.242 e. The molecule has 0 bridgehead atoms. The van der Waals surface area contributed by atoms with Gasteiger partial charge in [0.25, 0.3) is 0 Å². The Morgan fingerprint density at radius 3 is 2.56 bits per heavy atom. The van der Waals surface area contributed by atoms with Crippen LogP contribution in [0.15, 0.2) is 23.1 Å². The quantitative estimate of drug-likeness (QED) is 0.848. The largest absolute Gasteiger partial charge is 0.399 e. The van der Waals surface area contributed by atoms with Gasteiger partial charge in [-0.05, 0) is 48.9 Å². The summed E-state index contributed by atoms with van der Waals surface area (Å²) in [6.45, 7) is 4.57. The maximum atomic E-state index is 12.4. The maximum absolute atomic E-state index is 12.4. The van der Waals surface area contributed by atoms with Crippen LogP contribution < -0.4 is 5.73 Å². The highest BCUT2D eigenvalue weighted by Gasteiger charge is 2.36. The molecule has 5 heteroatoms. The molecule has 1 aromatic rings. The first-order valence-corrected chi connectivity index (χ1v) is 7.59. The first-order chi connectivity index (χ1) is 8.32. The van der Waals surface area contributed by atoms with Gasteiger partial charge >= 0.3 is 0 Å². The van der Waals surface area contributed by atoms with Crippen LogP contribution in [0.1, 0.15) is 18.9 Å². The summed E-state index contributed by atoms with van der Waals surface area (Å²) in [7, 11) is -1.73. The Balaban J connectivity index is 2.21. The van der Waals surface area contributed by atoms with Crippen LogP contribution >= 0.6 is 0 Å². The standard InChI is InChI=1S/C13H20N2O2S/c1-9-6-11(9)8-15(3)18(16,17)12-4-5-13(14)10(2)7-12/h4-5,7,9,11H,6,8,14H2,1-3H3. The Bertz CT molecular complexity index is 554. The van der Waals surface area contributed by atoms with E-state index in [9.17, 15) is 8.42 Å². The normalized spacial score (nSPS) is 23.3. The molecule has 1 aliphatic carbocycles. The number of benzene rings is 1. The molecule has 0 amide bonds. The lowest BCUT2D eigenvalue weighted by molar-refractivity contribution is 0.444. The van der Waals surface area contributed by atoms with Gasteiger partial charge in [-0.15, -0.1) is 0 Å². The molecule has 2 unspecified atom stereocenters. The van der Waals surface area contributed by atoms with Gasteiger partial charge in [0, 0.05) is 19.3 Å². The molecule has 4 nitrogen and oxygen atoms in total. The zero-order chi connectivity index (χ0) is 13.5. The van der Waals surface area contributed by atoms with Gasteiger partial charge in [-0.2, -0.15) is 0 Å². The molecule has 0 spiro atoms. The minimum Gasteiger partial charge on any atom is -0.399 e. The molecule has 100 valence electrons. The number of nitrogen functional groups attached to an aromatic ring is 1. The Morgan fingerprint density at radius 1 is 1.44 bits per heavy atom. The molecule has 1 aromatic carbocycles. The molecule has 0 saturated heterocycles. The number of nitrogens with zero attached hydrogens (tertiary/aromatic N) is 1. The summed E-state index contributed by atoms with van der Waals surface area (Å²) >= 11 is 0. The average Bonchev–Trinajstić information content (AvgIpc) is 2.98. The van der Waals surface area contributed by atoms with Gasteiger partial charge < -0.3 is 5.73 Å². The third-order valence-electron chi connectivity index (χ3n) is 3.72. The average molecular weight is 268 g/mol. The number of sulfonamides is 1. The van der Waals surface area contributed by atoms with Crippen molar-refractivity contribution >= 4 is 15.7 Å². The van der Waals surface area contributed by atoms with Gasteiger partial charge in [0.05, 0.1) is 4.90 Å². The summed E-state index contributed by atoms with van der Waals surface area (Å²) in [5.41, 5.74) is 7.12. The van der Waals surface area contributed by atoms with E-state index in [1.165, 1.54) is 4.31 Å². The zero-order valence-electron chi connectivity index (χ0n) is 11.1. The molecule has 18 heavy (non-hydrogen) atoms. The van der Waals surface area contributed by atoms with Crippen LogP contribution in [0.4, 0.5) is 5.69 Å². The topological polar surface area (TPSA) is 63.4 Å². The van der Waals surface area contributed by atoms with Crippen LogP contribution in [0, 0.1) is 18.8 Å². The van der Waals surface area contributed by atoms with Gasteiger partial charge in [-0.3, -0.25) is 0 Å². The third-order valence-corrected chi connectivity index (χ3v) is 5.54. The first-order valence-electron chi connectivity index (χ1n) is 6.15. The lowest BCUT2D eigenvalue weighted by Gasteiger charge is -2.17. The predicted molar refractivity (Wildman–Crippen MR) is 72.7 cm³/mol. The van der Waals surface area contributed by atoms with Crippen molar-refractivity contribution in [1.29, 1.82) is 0 Å². The zero-order valence-corrected chi connectivity index (χ0v) is 11.9. The fourth-order valence-corrected chi connectivity index (χ4v) is 3.38. The lowest BCUT2D eigenvalue weighted by atomic mass is 10.2. The van der Waals surface area contributed by atoms with Gasteiger partial charge in [-0.25, -0.2) is 12.7 Å². The highest BCUT2D eigenvalue weighted by atomic mass is 32.2. The lowest BCUT2D eigenvalue weighted by Crippen LogP contribution is -2.29. The van der Waals surface area contributed by atoms with Crippen LogP contribution in [0.3, 0.4) is 0 Å². The second kappa shape index (κ2) is 4.55. The van der Waals surface area contributed by atoms with Crippen molar-refractivity contribution in [3.05, 3.63) is 23.8 Å². The van der Waals surface area contributed by atoms with Crippen molar-refractivity contribution in [2.45, 2.75) is 25.2 Å². The van der Waals surface area contributed by atoms with E-state index in [0.29, 0.717) is 29.0 Å². The van der Waals surface area contributed by atoms with Crippen molar-refractivity contribution in [2.75, 3.05) is 19.3 Å². The second-order valence-corrected chi connectivity index (χ2v) is 7.32. The Labute approximate surface area is 109 Å². The fraction of sp³-hybridized carbons (Fsp3) is 0.538. The highest BCUT2D eigenvalue weighted by molar-refractivity contribution is 7.89. The highest BCUT2D eigenvalue weighted by Crippen LogP contribution is 2.38. The van der Waals surface area contributed by atoms with E-state index in [2.05, 4.69) is 6.92 Å². The van der Waals surface area contributed by atoms with E-state index in [0.717, 1.165) is 12.0 Å². The summed E-state index contributed by atoms with van der Waals surface area (Å²) < 4.78 is 26.2. The van der Waals surface area contributed by atoms with Crippen LogP contribution in [0.2, 0.25) is 0 Å². The van der Waals surface area contributed by atoms with E-state index >= 15 is 0 Å². The molecular weight excluding hydrogens is 248 g/mol. The number of hydrogen-bond donors (Lipinski definition) is 1. The molecule has 1 aliphatic rings.